The average Bonchev–Trinajstić information content (AvgIpc) is 2.52. The Bertz CT molecular complexity index is 361. The van der Waals surface area contributed by atoms with Gasteiger partial charge in [-0.25, -0.2) is 0 Å². The lowest BCUT2D eigenvalue weighted by atomic mass is 10.3. The van der Waals surface area contributed by atoms with Gasteiger partial charge in [0.25, 0.3) is 0 Å². The van der Waals surface area contributed by atoms with Crippen molar-refractivity contribution < 1.29 is 0 Å². The van der Waals surface area contributed by atoms with Crippen LogP contribution in [0.4, 0.5) is 5.69 Å². The maximum absolute atomic E-state index is 7.71. The molecule has 1 heterocycles. The number of hydrogen-bond acceptors (Lipinski definition) is 2. The van der Waals surface area contributed by atoms with E-state index in [1.165, 1.54) is 11.8 Å². The number of rotatable bonds is 1. The van der Waals surface area contributed by atoms with E-state index in [1.54, 1.807) is 18.2 Å². The van der Waals surface area contributed by atoms with Crippen LogP contribution in [0.25, 0.3) is 0 Å². The van der Waals surface area contributed by atoms with E-state index in [4.69, 9.17) is 28.6 Å². The number of halogens is 2. The van der Waals surface area contributed by atoms with Gasteiger partial charge in [0, 0.05) is 12.3 Å². The zero-order chi connectivity index (χ0) is 10.1. The number of nitrogens with zero attached hydrogens (tertiary/aromatic N) is 1. The highest BCUT2D eigenvalue weighted by molar-refractivity contribution is 8.14. The van der Waals surface area contributed by atoms with E-state index in [0.717, 1.165) is 18.0 Å². The molecule has 14 heavy (non-hydrogen) atoms. The van der Waals surface area contributed by atoms with E-state index in [2.05, 4.69) is 0 Å². The predicted molar refractivity (Wildman–Crippen MR) is 64.0 cm³/mol. The Morgan fingerprint density at radius 2 is 1.93 bits per heavy atom. The lowest BCUT2D eigenvalue weighted by Gasteiger charge is -2.19. The number of thioether (sulfide) groups is 1. The van der Waals surface area contributed by atoms with E-state index in [1.807, 2.05) is 4.90 Å². The highest BCUT2D eigenvalue weighted by atomic mass is 35.5. The van der Waals surface area contributed by atoms with Crippen LogP contribution in [-0.4, -0.2) is 17.5 Å². The molecular formula is C9H8Cl2N2S. The smallest absolute Gasteiger partial charge is 0.161 e. The molecule has 0 saturated carbocycles. The van der Waals surface area contributed by atoms with Crippen LogP contribution < -0.4 is 4.90 Å². The fraction of sp³-hybridized carbons (Fsp3) is 0.222. The molecule has 0 amide bonds. The molecule has 2 rings (SSSR count). The summed E-state index contributed by atoms with van der Waals surface area (Å²) in [6, 6.07) is 5.39. The third-order valence-electron chi connectivity index (χ3n) is 2.01. The highest BCUT2D eigenvalue weighted by Gasteiger charge is 2.23. The van der Waals surface area contributed by atoms with E-state index >= 15 is 0 Å². The van der Waals surface area contributed by atoms with Gasteiger partial charge in [-0.3, -0.25) is 5.41 Å². The maximum Gasteiger partial charge on any atom is 0.161 e. The molecule has 1 aromatic rings. The minimum absolute atomic E-state index is 0.514. The molecule has 0 aromatic heterocycles. The largest absolute Gasteiger partial charge is 0.318 e. The first-order valence-electron chi connectivity index (χ1n) is 4.13. The Morgan fingerprint density at radius 1 is 1.29 bits per heavy atom. The van der Waals surface area contributed by atoms with Crippen LogP contribution in [0, 0.1) is 5.41 Å². The maximum atomic E-state index is 7.71. The van der Waals surface area contributed by atoms with Crippen molar-refractivity contribution in [3.05, 3.63) is 28.2 Å². The van der Waals surface area contributed by atoms with Gasteiger partial charge in [0.1, 0.15) is 0 Å². The molecule has 1 saturated heterocycles. The van der Waals surface area contributed by atoms with Crippen LogP contribution in [0.1, 0.15) is 0 Å². The number of nitrogens with one attached hydrogen (secondary N) is 1. The van der Waals surface area contributed by atoms with Gasteiger partial charge in [0.2, 0.25) is 0 Å². The average molecular weight is 247 g/mol. The standard InChI is InChI=1S/C9H8Cl2N2S/c10-6-2-1-3-7(11)8(6)13-4-5-14-9(13)12/h1-3,12H,4-5H2. The van der Waals surface area contributed by atoms with Crippen molar-refractivity contribution in [2.45, 2.75) is 0 Å². The van der Waals surface area contributed by atoms with Crippen molar-refractivity contribution in [2.24, 2.45) is 0 Å². The topological polar surface area (TPSA) is 27.1 Å². The molecule has 1 aliphatic heterocycles. The molecule has 0 spiro atoms. The molecule has 1 aromatic carbocycles. The van der Waals surface area contributed by atoms with Gasteiger partial charge in [-0.2, -0.15) is 0 Å². The van der Waals surface area contributed by atoms with Gasteiger partial charge in [-0.05, 0) is 12.1 Å². The number of para-hydroxylation sites is 1. The Balaban J connectivity index is 2.44. The van der Waals surface area contributed by atoms with E-state index < -0.39 is 0 Å². The van der Waals surface area contributed by atoms with Crippen molar-refractivity contribution in [2.75, 3.05) is 17.2 Å². The highest BCUT2D eigenvalue weighted by Crippen LogP contribution is 2.36. The number of anilines is 1. The first-order valence-corrected chi connectivity index (χ1v) is 5.87. The Hall–Kier alpha value is -0.380. The van der Waals surface area contributed by atoms with Gasteiger partial charge >= 0.3 is 0 Å². The van der Waals surface area contributed by atoms with Crippen molar-refractivity contribution in [1.82, 2.24) is 0 Å². The number of benzene rings is 1. The SMILES string of the molecule is N=C1SCCN1c1c(Cl)cccc1Cl. The van der Waals surface area contributed by atoms with E-state index in [0.29, 0.717) is 15.2 Å². The minimum atomic E-state index is 0.514. The molecule has 1 N–H and O–H groups in total. The quantitative estimate of drug-likeness (QED) is 0.822. The molecule has 1 aliphatic rings. The second-order valence-corrected chi connectivity index (χ2v) is 4.77. The summed E-state index contributed by atoms with van der Waals surface area (Å²) in [6.45, 7) is 0.799. The molecule has 74 valence electrons. The van der Waals surface area contributed by atoms with E-state index in [9.17, 15) is 0 Å². The lowest BCUT2D eigenvalue weighted by Crippen LogP contribution is -2.23. The van der Waals surface area contributed by atoms with Crippen LogP contribution >= 0.6 is 35.0 Å². The number of hydrogen-bond donors (Lipinski definition) is 1. The van der Waals surface area contributed by atoms with Gasteiger partial charge in [0.05, 0.1) is 15.7 Å². The van der Waals surface area contributed by atoms with Crippen LogP contribution in [0.2, 0.25) is 10.0 Å². The molecule has 0 radical (unpaired) electrons. The molecular weight excluding hydrogens is 239 g/mol. The van der Waals surface area contributed by atoms with Gasteiger partial charge in [0.15, 0.2) is 5.17 Å². The summed E-state index contributed by atoms with van der Waals surface area (Å²) in [4.78, 5) is 1.84. The zero-order valence-electron chi connectivity index (χ0n) is 7.26. The van der Waals surface area contributed by atoms with Gasteiger partial charge in [-0.15, -0.1) is 0 Å². The summed E-state index contributed by atoms with van der Waals surface area (Å²) in [5.41, 5.74) is 0.755. The van der Waals surface area contributed by atoms with Crippen LogP contribution in [0.5, 0.6) is 0 Å². The summed E-state index contributed by atoms with van der Waals surface area (Å²) >= 11 is 13.6. The fourth-order valence-electron chi connectivity index (χ4n) is 1.37. The Labute approximate surface area is 96.7 Å². The third kappa shape index (κ3) is 1.72. The zero-order valence-corrected chi connectivity index (χ0v) is 9.59. The van der Waals surface area contributed by atoms with Crippen molar-refractivity contribution >= 4 is 45.8 Å². The van der Waals surface area contributed by atoms with Crippen LogP contribution in [0.15, 0.2) is 18.2 Å². The summed E-state index contributed by atoms with van der Waals surface area (Å²) in [6.07, 6.45) is 0. The van der Waals surface area contributed by atoms with Crippen molar-refractivity contribution in [1.29, 1.82) is 5.41 Å². The second-order valence-electron chi connectivity index (χ2n) is 2.88. The summed E-state index contributed by atoms with van der Waals surface area (Å²) in [5, 5.41) is 9.43. The molecule has 0 unspecified atom stereocenters. The van der Waals surface area contributed by atoms with Crippen molar-refractivity contribution in [3.63, 3.8) is 0 Å². The third-order valence-corrected chi connectivity index (χ3v) is 3.50. The monoisotopic (exact) mass is 246 g/mol. The fourth-order valence-corrected chi connectivity index (χ4v) is 2.78. The van der Waals surface area contributed by atoms with Gasteiger partial charge in [-0.1, -0.05) is 41.0 Å². The molecule has 0 aliphatic carbocycles. The summed E-state index contributed by atoms with van der Waals surface area (Å²) in [7, 11) is 0. The minimum Gasteiger partial charge on any atom is -0.318 e. The molecule has 5 heteroatoms. The lowest BCUT2D eigenvalue weighted by molar-refractivity contribution is 1.10. The molecule has 1 fully saturated rings. The molecule has 2 nitrogen and oxygen atoms in total. The first kappa shape index (κ1) is 10.1. The second kappa shape index (κ2) is 4.01. The van der Waals surface area contributed by atoms with Crippen LogP contribution in [0.3, 0.4) is 0 Å². The number of amidine groups is 1. The Kier molecular flexibility index (Phi) is 2.91. The summed E-state index contributed by atoms with van der Waals surface area (Å²) < 4.78 is 0. The van der Waals surface area contributed by atoms with E-state index in [-0.39, 0.29) is 0 Å². The normalized spacial score (nSPS) is 16.4. The first-order chi connectivity index (χ1) is 6.70. The summed E-state index contributed by atoms with van der Waals surface area (Å²) in [5.74, 6) is 0.917. The molecule has 0 atom stereocenters. The van der Waals surface area contributed by atoms with Crippen LogP contribution in [-0.2, 0) is 0 Å². The predicted octanol–water partition coefficient (Wildman–Crippen LogP) is 3.48. The Morgan fingerprint density at radius 3 is 2.43 bits per heavy atom. The van der Waals surface area contributed by atoms with Gasteiger partial charge < -0.3 is 4.90 Å². The van der Waals surface area contributed by atoms with Crippen molar-refractivity contribution in [3.8, 4) is 0 Å². The molecule has 0 bridgehead atoms.